The number of rotatable bonds is 3. The van der Waals surface area contributed by atoms with Crippen LogP contribution in [0.1, 0.15) is 40.5 Å². The zero-order valence-corrected chi connectivity index (χ0v) is 8.83. The number of allylic oxidation sites excluding steroid dienone is 1. The summed E-state index contributed by atoms with van der Waals surface area (Å²) in [6, 6.07) is 0. The first-order valence-corrected chi connectivity index (χ1v) is 4.56. The summed E-state index contributed by atoms with van der Waals surface area (Å²) in [5, 5.41) is 27.0. The van der Waals surface area contributed by atoms with E-state index in [1.54, 1.807) is 6.08 Å². The lowest BCUT2D eigenvalue weighted by atomic mass is 9.91. The Morgan fingerprint density at radius 2 is 1.62 bits per heavy atom. The summed E-state index contributed by atoms with van der Waals surface area (Å²) in [6.45, 7) is 7.74. The minimum atomic E-state index is -2.66. The highest BCUT2D eigenvalue weighted by Gasteiger charge is 2.25. The van der Waals surface area contributed by atoms with Gasteiger partial charge >= 0.3 is 0 Å². The Morgan fingerprint density at radius 3 is 1.85 bits per heavy atom. The van der Waals surface area contributed by atoms with Crippen LogP contribution in [0.3, 0.4) is 0 Å². The maximum absolute atomic E-state index is 9.01. The quantitative estimate of drug-likeness (QED) is 0.463. The average Bonchev–Trinajstić information content (AvgIpc) is 1.81. The molecule has 0 spiro atoms. The van der Waals surface area contributed by atoms with E-state index < -0.39 is 5.97 Å². The van der Waals surface area contributed by atoms with Gasteiger partial charge in [-0.1, -0.05) is 40.2 Å². The zero-order chi connectivity index (χ0) is 10.7. The van der Waals surface area contributed by atoms with E-state index in [4.69, 9.17) is 15.3 Å². The maximum atomic E-state index is 9.01. The van der Waals surface area contributed by atoms with Crippen molar-refractivity contribution in [2.75, 3.05) is 0 Å². The van der Waals surface area contributed by atoms with Crippen molar-refractivity contribution in [2.24, 2.45) is 5.41 Å². The highest BCUT2D eigenvalue weighted by Crippen LogP contribution is 2.24. The lowest BCUT2D eigenvalue weighted by Crippen LogP contribution is -2.31. The second kappa shape index (κ2) is 4.22. The van der Waals surface area contributed by atoms with Gasteiger partial charge in [0.1, 0.15) is 0 Å². The van der Waals surface area contributed by atoms with Crippen molar-refractivity contribution in [3.8, 4) is 0 Å². The van der Waals surface area contributed by atoms with E-state index in [9.17, 15) is 0 Å². The highest BCUT2D eigenvalue weighted by atomic mass is 16.7. The van der Waals surface area contributed by atoms with Crippen LogP contribution in [-0.4, -0.2) is 21.3 Å². The molecular weight excluding hydrogens is 168 g/mol. The molecule has 3 nitrogen and oxygen atoms in total. The summed E-state index contributed by atoms with van der Waals surface area (Å²) in [5.41, 5.74) is 0.103. The first-order chi connectivity index (χ1) is 5.67. The molecule has 0 aliphatic rings. The van der Waals surface area contributed by atoms with Crippen LogP contribution < -0.4 is 0 Å². The molecule has 0 aliphatic carbocycles. The Kier molecular flexibility index (Phi) is 4.10. The van der Waals surface area contributed by atoms with Crippen molar-refractivity contribution >= 4 is 0 Å². The number of aliphatic hydroxyl groups is 3. The fourth-order valence-electron chi connectivity index (χ4n) is 1.13. The summed E-state index contributed by atoms with van der Waals surface area (Å²) in [7, 11) is 0. The number of hydrogen-bond acceptors (Lipinski definition) is 3. The molecule has 0 radical (unpaired) electrons. The van der Waals surface area contributed by atoms with Gasteiger partial charge in [-0.3, -0.25) is 0 Å². The van der Waals surface area contributed by atoms with Gasteiger partial charge < -0.3 is 15.3 Å². The van der Waals surface area contributed by atoms with Gasteiger partial charge in [0.05, 0.1) is 0 Å². The van der Waals surface area contributed by atoms with Crippen LogP contribution in [0.15, 0.2) is 11.6 Å². The molecule has 0 atom stereocenters. The van der Waals surface area contributed by atoms with Gasteiger partial charge in [0, 0.05) is 5.57 Å². The Balaban J connectivity index is 4.71. The predicted octanol–water partition coefficient (Wildman–Crippen LogP) is 1.39. The van der Waals surface area contributed by atoms with Gasteiger partial charge in [-0.2, -0.15) is 0 Å². The van der Waals surface area contributed by atoms with E-state index in [1.807, 2.05) is 27.7 Å². The molecule has 0 aromatic carbocycles. The minimum absolute atomic E-state index is 0.163. The second-order valence-electron chi connectivity index (χ2n) is 4.42. The third kappa shape index (κ3) is 5.80. The van der Waals surface area contributed by atoms with Gasteiger partial charge in [0.2, 0.25) is 0 Å². The van der Waals surface area contributed by atoms with Gasteiger partial charge in [0.15, 0.2) is 0 Å². The van der Waals surface area contributed by atoms with Crippen LogP contribution in [-0.2, 0) is 0 Å². The second-order valence-corrected chi connectivity index (χ2v) is 4.42. The van der Waals surface area contributed by atoms with Crippen LogP contribution in [0.25, 0.3) is 0 Å². The third-order valence-electron chi connectivity index (χ3n) is 1.56. The van der Waals surface area contributed by atoms with E-state index in [2.05, 4.69) is 0 Å². The standard InChI is InChI=1S/C10H20O3/c1-5-6-8(10(11,12)13)7-9(2,3)4/h7,11-13H,5-6H2,1-4H3. The SMILES string of the molecule is CCCC(=CC(C)(C)C)C(O)(O)O. The van der Waals surface area contributed by atoms with Crippen molar-refractivity contribution in [1.29, 1.82) is 0 Å². The topological polar surface area (TPSA) is 60.7 Å². The van der Waals surface area contributed by atoms with E-state index in [0.717, 1.165) is 6.42 Å². The molecule has 0 rings (SSSR count). The van der Waals surface area contributed by atoms with Crippen LogP contribution in [0, 0.1) is 5.41 Å². The fourth-order valence-corrected chi connectivity index (χ4v) is 1.13. The molecule has 0 bridgehead atoms. The lowest BCUT2D eigenvalue weighted by Gasteiger charge is -2.22. The summed E-state index contributed by atoms with van der Waals surface area (Å²) < 4.78 is 0. The van der Waals surface area contributed by atoms with Gasteiger partial charge in [-0.25, -0.2) is 0 Å². The third-order valence-corrected chi connectivity index (χ3v) is 1.56. The molecule has 0 fully saturated rings. The average molecular weight is 188 g/mol. The Hall–Kier alpha value is -0.380. The van der Waals surface area contributed by atoms with Crippen molar-refractivity contribution in [3.05, 3.63) is 11.6 Å². The first kappa shape index (κ1) is 12.6. The normalized spacial score (nSPS) is 14.8. The van der Waals surface area contributed by atoms with Crippen molar-refractivity contribution in [3.63, 3.8) is 0 Å². The van der Waals surface area contributed by atoms with Crippen molar-refractivity contribution in [2.45, 2.75) is 46.5 Å². The van der Waals surface area contributed by atoms with E-state index in [0.29, 0.717) is 6.42 Å². The molecule has 0 heterocycles. The van der Waals surface area contributed by atoms with Gasteiger partial charge in [-0.15, -0.1) is 0 Å². The van der Waals surface area contributed by atoms with Crippen LogP contribution in [0.2, 0.25) is 0 Å². The molecule has 0 unspecified atom stereocenters. The van der Waals surface area contributed by atoms with Gasteiger partial charge in [0.25, 0.3) is 5.97 Å². The number of hydrogen-bond donors (Lipinski definition) is 3. The minimum Gasteiger partial charge on any atom is -0.340 e. The highest BCUT2D eigenvalue weighted by molar-refractivity contribution is 5.11. The van der Waals surface area contributed by atoms with Crippen LogP contribution in [0.5, 0.6) is 0 Å². The van der Waals surface area contributed by atoms with Crippen LogP contribution in [0.4, 0.5) is 0 Å². The Morgan fingerprint density at radius 1 is 1.15 bits per heavy atom. The molecule has 0 aromatic rings. The molecule has 3 N–H and O–H groups in total. The molecule has 0 aliphatic heterocycles. The monoisotopic (exact) mass is 188 g/mol. The molecule has 3 heteroatoms. The summed E-state index contributed by atoms with van der Waals surface area (Å²) in [5.74, 6) is -2.66. The molecule has 0 saturated heterocycles. The summed E-state index contributed by atoms with van der Waals surface area (Å²) in [4.78, 5) is 0. The molecule has 0 saturated carbocycles. The fraction of sp³-hybridized carbons (Fsp3) is 0.800. The first-order valence-electron chi connectivity index (χ1n) is 4.56. The molecule has 0 aromatic heterocycles. The van der Waals surface area contributed by atoms with Crippen LogP contribution >= 0.6 is 0 Å². The molecule has 0 amide bonds. The predicted molar refractivity (Wildman–Crippen MR) is 51.8 cm³/mol. The maximum Gasteiger partial charge on any atom is 0.300 e. The smallest absolute Gasteiger partial charge is 0.300 e. The Labute approximate surface area is 79.7 Å². The summed E-state index contributed by atoms with van der Waals surface area (Å²) >= 11 is 0. The summed E-state index contributed by atoms with van der Waals surface area (Å²) in [6.07, 6.45) is 2.95. The molecular formula is C10H20O3. The van der Waals surface area contributed by atoms with E-state index in [-0.39, 0.29) is 11.0 Å². The van der Waals surface area contributed by atoms with Crippen molar-refractivity contribution in [1.82, 2.24) is 0 Å². The molecule has 78 valence electrons. The van der Waals surface area contributed by atoms with Crippen molar-refractivity contribution < 1.29 is 15.3 Å². The lowest BCUT2D eigenvalue weighted by molar-refractivity contribution is -0.283. The molecule has 13 heavy (non-hydrogen) atoms. The zero-order valence-electron chi connectivity index (χ0n) is 8.83. The van der Waals surface area contributed by atoms with E-state index in [1.165, 1.54) is 0 Å². The van der Waals surface area contributed by atoms with E-state index >= 15 is 0 Å². The van der Waals surface area contributed by atoms with Gasteiger partial charge in [-0.05, 0) is 11.8 Å². The largest absolute Gasteiger partial charge is 0.340 e. The Bertz CT molecular complexity index is 181.